The summed E-state index contributed by atoms with van der Waals surface area (Å²) in [6.07, 6.45) is 16.9. The van der Waals surface area contributed by atoms with Gasteiger partial charge in [0.25, 0.3) is 11.4 Å². The van der Waals surface area contributed by atoms with Gasteiger partial charge in [-0.2, -0.15) is 4.21 Å². The molecule has 0 aliphatic heterocycles. The van der Waals surface area contributed by atoms with Crippen LogP contribution < -0.4 is 5.73 Å². The molecule has 0 aromatic heterocycles. The molecule has 0 aromatic rings. The second-order valence-electron chi connectivity index (χ2n) is 4.91. The van der Waals surface area contributed by atoms with E-state index in [0.29, 0.717) is 0 Å². The lowest BCUT2D eigenvalue weighted by molar-refractivity contribution is 0.454. The Hall–Kier alpha value is 0.0300. The highest BCUT2D eigenvalue weighted by Gasteiger charge is 1.92. The van der Waals surface area contributed by atoms with Crippen LogP contribution in [0.25, 0.3) is 0 Å². The summed E-state index contributed by atoms with van der Waals surface area (Å²) in [6.45, 7) is 3.15. The van der Waals surface area contributed by atoms with E-state index >= 15 is 0 Å². The molecule has 19 heavy (non-hydrogen) atoms. The van der Waals surface area contributed by atoms with Crippen LogP contribution in [0.1, 0.15) is 84.0 Å². The first-order valence-corrected chi connectivity index (χ1v) is 8.71. The third-order valence-corrected chi connectivity index (χ3v) is 3.06. The lowest BCUT2D eigenvalue weighted by Crippen LogP contribution is -1.97. The van der Waals surface area contributed by atoms with Crippen LogP contribution in [0.4, 0.5) is 0 Å². The maximum absolute atomic E-state index is 8.67. The molecule has 0 unspecified atom stereocenters. The fourth-order valence-corrected chi connectivity index (χ4v) is 1.99. The maximum atomic E-state index is 8.67. The Morgan fingerprint density at radius 2 is 1.00 bits per heavy atom. The number of hydrogen-bond donors (Lipinski definition) is 3. The number of rotatable bonds is 12. The SMILES string of the molecule is CCCCCCCCCCCCCCN.O=S(O)O. The largest absolute Gasteiger partial charge is 0.330 e. The van der Waals surface area contributed by atoms with Gasteiger partial charge in [-0.25, -0.2) is 0 Å². The molecule has 0 saturated heterocycles. The van der Waals surface area contributed by atoms with Crippen molar-refractivity contribution in [1.82, 2.24) is 0 Å². The fraction of sp³-hybridized carbons (Fsp3) is 1.00. The summed E-state index contributed by atoms with van der Waals surface area (Å²) in [5.41, 5.74) is 5.45. The Labute approximate surface area is 121 Å². The van der Waals surface area contributed by atoms with Gasteiger partial charge in [-0.1, -0.05) is 77.6 Å². The van der Waals surface area contributed by atoms with Gasteiger partial charge in [0.2, 0.25) is 0 Å². The normalized spacial score (nSPS) is 10.4. The van der Waals surface area contributed by atoms with E-state index in [1.165, 1.54) is 77.0 Å². The van der Waals surface area contributed by atoms with Crippen LogP contribution >= 0.6 is 0 Å². The highest BCUT2D eigenvalue weighted by molar-refractivity contribution is 7.73. The van der Waals surface area contributed by atoms with Gasteiger partial charge in [0, 0.05) is 0 Å². The molecular formula is C14H33NO3S. The van der Waals surface area contributed by atoms with Gasteiger partial charge in [0.15, 0.2) is 0 Å². The van der Waals surface area contributed by atoms with Crippen LogP contribution in [0.3, 0.4) is 0 Å². The van der Waals surface area contributed by atoms with Gasteiger partial charge in [0.05, 0.1) is 0 Å². The van der Waals surface area contributed by atoms with Crippen molar-refractivity contribution in [1.29, 1.82) is 0 Å². The van der Waals surface area contributed by atoms with Gasteiger partial charge >= 0.3 is 0 Å². The smallest absolute Gasteiger partial charge is 0.299 e. The molecule has 0 fully saturated rings. The molecule has 0 amide bonds. The van der Waals surface area contributed by atoms with Crippen molar-refractivity contribution in [2.24, 2.45) is 5.73 Å². The molecule has 0 bridgehead atoms. The van der Waals surface area contributed by atoms with Crippen molar-refractivity contribution in [2.75, 3.05) is 6.54 Å². The summed E-state index contributed by atoms with van der Waals surface area (Å²) >= 11 is -2.61. The van der Waals surface area contributed by atoms with Crippen LogP contribution in [-0.2, 0) is 11.4 Å². The highest BCUT2D eigenvalue weighted by atomic mass is 32.2. The van der Waals surface area contributed by atoms with Gasteiger partial charge < -0.3 is 5.73 Å². The molecule has 4 N–H and O–H groups in total. The summed E-state index contributed by atoms with van der Waals surface area (Å²) in [6, 6.07) is 0. The number of nitrogens with two attached hydrogens (primary N) is 1. The quantitative estimate of drug-likeness (QED) is 0.369. The van der Waals surface area contributed by atoms with Crippen LogP contribution in [0, 0.1) is 0 Å². The summed E-state index contributed by atoms with van der Waals surface area (Å²) < 4.78 is 22.8. The third-order valence-electron chi connectivity index (χ3n) is 3.06. The average Bonchev–Trinajstić information content (AvgIpc) is 2.35. The first kappa shape index (κ1) is 21.3. The molecule has 0 heterocycles. The van der Waals surface area contributed by atoms with Crippen molar-refractivity contribution in [3.63, 3.8) is 0 Å². The van der Waals surface area contributed by atoms with Crippen molar-refractivity contribution in [3.05, 3.63) is 0 Å². The highest BCUT2D eigenvalue weighted by Crippen LogP contribution is 2.11. The first-order valence-electron chi connectivity index (χ1n) is 7.65. The van der Waals surface area contributed by atoms with Crippen LogP contribution in [0.15, 0.2) is 0 Å². The van der Waals surface area contributed by atoms with Gasteiger partial charge in [-0.3, -0.25) is 9.11 Å². The molecule has 118 valence electrons. The van der Waals surface area contributed by atoms with E-state index in [-0.39, 0.29) is 0 Å². The predicted molar refractivity (Wildman–Crippen MR) is 83.5 cm³/mol. The summed E-state index contributed by atoms with van der Waals surface area (Å²) in [5, 5.41) is 0. The second kappa shape index (κ2) is 20.3. The first-order chi connectivity index (χ1) is 9.15. The van der Waals surface area contributed by atoms with E-state index < -0.39 is 11.4 Å². The molecule has 0 aromatic carbocycles. The zero-order valence-corrected chi connectivity index (χ0v) is 13.3. The Bertz CT molecular complexity index is 164. The minimum absolute atomic E-state index is 0.872. The van der Waals surface area contributed by atoms with Crippen molar-refractivity contribution >= 4 is 11.4 Å². The third kappa shape index (κ3) is 32.0. The Balaban J connectivity index is 0. The van der Waals surface area contributed by atoms with E-state index in [4.69, 9.17) is 19.0 Å². The number of hydrogen-bond acceptors (Lipinski definition) is 2. The van der Waals surface area contributed by atoms with Crippen molar-refractivity contribution in [2.45, 2.75) is 84.0 Å². The molecule has 0 atom stereocenters. The monoisotopic (exact) mass is 295 g/mol. The van der Waals surface area contributed by atoms with Crippen LogP contribution in [0.2, 0.25) is 0 Å². The number of unbranched alkanes of at least 4 members (excludes halogenated alkanes) is 11. The van der Waals surface area contributed by atoms with Gasteiger partial charge in [0.1, 0.15) is 0 Å². The van der Waals surface area contributed by atoms with Crippen molar-refractivity contribution < 1.29 is 13.3 Å². The fourth-order valence-electron chi connectivity index (χ4n) is 1.99. The van der Waals surface area contributed by atoms with Gasteiger partial charge in [-0.15, -0.1) is 0 Å². The lowest BCUT2D eigenvalue weighted by Gasteiger charge is -2.01. The topological polar surface area (TPSA) is 83.6 Å². The van der Waals surface area contributed by atoms with E-state index in [1.54, 1.807) is 0 Å². The molecule has 0 spiro atoms. The molecule has 0 aliphatic rings. The molecule has 0 rings (SSSR count). The van der Waals surface area contributed by atoms with E-state index in [9.17, 15) is 0 Å². The molecule has 0 saturated carbocycles. The zero-order chi connectivity index (χ0) is 14.8. The molecule has 5 heteroatoms. The molecule has 0 radical (unpaired) electrons. The van der Waals surface area contributed by atoms with Crippen LogP contribution in [0.5, 0.6) is 0 Å². The predicted octanol–water partition coefficient (Wildman–Crippen LogP) is 4.33. The van der Waals surface area contributed by atoms with Crippen molar-refractivity contribution in [3.8, 4) is 0 Å². The van der Waals surface area contributed by atoms with E-state index in [1.807, 2.05) is 0 Å². The minimum Gasteiger partial charge on any atom is -0.330 e. The lowest BCUT2D eigenvalue weighted by atomic mass is 10.1. The average molecular weight is 295 g/mol. The Morgan fingerprint density at radius 1 is 0.737 bits per heavy atom. The molecule has 4 nitrogen and oxygen atoms in total. The van der Waals surface area contributed by atoms with E-state index in [2.05, 4.69) is 6.92 Å². The van der Waals surface area contributed by atoms with E-state index in [0.717, 1.165) is 6.54 Å². The van der Waals surface area contributed by atoms with Gasteiger partial charge in [-0.05, 0) is 13.0 Å². The summed E-state index contributed by atoms with van der Waals surface area (Å²) in [5.74, 6) is 0. The minimum atomic E-state index is -2.61. The maximum Gasteiger partial charge on any atom is 0.299 e. The molecule has 0 aliphatic carbocycles. The molecular weight excluding hydrogens is 262 g/mol. The second-order valence-corrected chi connectivity index (χ2v) is 5.37. The zero-order valence-electron chi connectivity index (χ0n) is 12.5. The Kier molecular flexibility index (Phi) is 22.8. The Morgan fingerprint density at radius 3 is 1.26 bits per heavy atom. The standard InChI is InChI=1S/C14H31N.H2O3S/c1-2-3-4-5-6-7-8-9-10-11-12-13-14-15;1-4(2)3/h2-15H2,1H3;(H2,1,2,3). The summed E-state index contributed by atoms with van der Waals surface area (Å²) in [4.78, 5) is 0. The van der Waals surface area contributed by atoms with Crippen LogP contribution in [-0.4, -0.2) is 19.9 Å². The summed E-state index contributed by atoms with van der Waals surface area (Å²) in [7, 11) is 0.